The van der Waals surface area contributed by atoms with Crippen molar-refractivity contribution in [1.82, 2.24) is 19.7 Å². The molecule has 37 heavy (non-hydrogen) atoms. The Hall–Kier alpha value is -2.59. The average Bonchev–Trinajstić information content (AvgIpc) is 3.35. The Bertz CT molecular complexity index is 1220. The van der Waals surface area contributed by atoms with Gasteiger partial charge in [0.1, 0.15) is 11.6 Å². The van der Waals surface area contributed by atoms with E-state index in [4.69, 9.17) is 34.0 Å². The highest BCUT2D eigenvalue weighted by molar-refractivity contribution is 5.82. The van der Waals surface area contributed by atoms with Gasteiger partial charge < -0.3 is 23.8 Å². The first-order chi connectivity index (χ1) is 18.1. The zero-order valence-corrected chi connectivity index (χ0v) is 21.9. The van der Waals surface area contributed by atoms with Crippen LogP contribution in [0.3, 0.4) is 0 Å². The second-order valence-corrected chi connectivity index (χ2v) is 10.4. The molecular formula is C28H37N5O4. The van der Waals surface area contributed by atoms with E-state index in [-0.39, 0.29) is 12.4 Å². The van der Waals surface area contributed by atoms with Crippen LogP contribution in [0.1, 0.15) is 55.0 Å². The molecule has 198 valence electrons. The van der Waals surface area contributed by atoms with Crippen molar-refractivity contribution in [3.63, 3.8) is 0 Å². The zero-order chi connectivity index (χ0) is 25.2. The molecule has 1 aromatic carbocycles. The maximum absolute atomic E-state index is 6.00. The van der Waals surface area contributed by atoms with Gasteiger partial charge in [0, 0.05) is 44.4 Å². The minimum absolute atomic E-state index is 0.0199. The van der Waals surface area contributed by atoms with Gasteiger partial charge in [-0.3, -0.25) is 0 Å². The molecule has 6 rings (SSSR count). The summed E-state index contributed by atoms with van der Waals surface area (Å²) in [5.41, 5.74) is 3.79. The second kappa shape index (κ2) is 11.0. The minimum atomic E-state index is -0.108. The van der Waals surface area contributed by atoms with E-state index in [9.17, 15) is 0 Å². The third kappa shape index (κ3) is 5.50. The van der Waals surface area contributed by atoms with Gasteiger partial charge in [0.05, 0.1) is 31.0 Å². The molecule has 3 aromatic rings. The van der Waals surface area contributed by atoms with E-state index in [0.29, 0.717) is 19.1 Å². The van der Waals surface area contributed by atoms with Crippen LogP contribution in [0.4, 0.5) is 5.82 Å². The van der Waals surface area contributed by atoms with Crippen LogP contribution in [-0.4, -0.2) is 78.3 Å². The maximum Gasteiger partial charge on any atom is 0.159 e. The van der Waals surface area contributed by atoms with E-state index >= 15 is 0 Å². The van der Waals surface area contributed by atoms with Crippen LogP contribution in [0.15, 0.2) is 24.4 Å². The lowest BCUT2D eigenvalue weighted by Gasteiger charge is -2.34. The van der Waals surface area contributed by atoms with Crippen molar-refractivity contribution in [2.24, 2.45) is 0 Å². The number of fused-ring (bicyclic) bond motifs is 1. The largest absolute Gasteiger partial charge is 0.381 e. The molecule has 3 aliphatic rings. The van der Waals surface area contributed by atoms with Crippen molar-refractivity contribution in [2.75, 3.05) is 51.0 Å². The second-order valence-electron chi connectivity index (χ2n) is 10.4. The van der Waals surface area contributed by atoms with Gasteiger partial charge in [-0.15, -0.1) is 0 Å². The molecule has 3 fully saturated rings. The van der Waals surface area contributed by atoms with Crippen molar-refractivity contribution in [3.05, 3.63) is 41.3 Å². The highest BCUT2D eigenvalue weighted by atomic mass is 16.7. The van der Waals surface area contributed by atoms with Crippen molar-refractivity contribution in [2.45, 2.75) is 64.3 Å². The standard InChI is InChI=1S/C28H37N5O4/c1-19-13-22-16-29-33(25(22)14-24(19)21-6-10-34-11-7-21)27-15-26(30-20(2)31-27)32-8-12-35-23(17-32)18-37-28-5-3-4-9-36-28/h13-16,21,23,28H,3-12,17-18H2,1-2H3/t23-,28?/m1/s1. The Labute approximate surface area is 218 Å². The van der Waals surface area contributed by atoms with Crippen LogP contribution in [0, 0.1) is 13.8 Å². The molecule has 2 atom stereocenters. The summed E-state index contributed by atoms with van der Waals surface area (Å²) in [6.45, 7) is 9.24. The smallest absolute Gasteiger partial charge is 0.159 e. The summed E-state index contributed by atoms with van der Waals surface area (Å²) >= 11 is 0. The number of benzene rings is 1. The molecule has 0 radical (unpaired) electrons. The topological polar surface area (TPSA) is 83.8 Å². The number of ether oxygens (including phenoxy) is 4. The van der Waals surface area contributed by atoms with Crippen LogP contribution < -0.4 is 4.90 Å². The quantitative estimate of drug-likeness (QED) is 0.494. The first kappa shape index (κ1) is 24.7. The number of morpholine rings is 1. The van der Waals surface area contributed by atoms with Gasteiger partial charge in [-0.05, 0) is 75.1 Å². The SMILES string of the molecule is Cc1nc(N2CCO[C@@H](COC3CCCCO3)C2)cc(-n2ncc3cc(C)c(C4CCOCC4)cc32)n1. The van der Waals surface area contributed by atoms with Gasteiger partial charge in [-0.2, -0.15) is 5.10 Å². The molecule has 1 unspecified atom stereocenters. The summed E-state index contributed by atoms with van der Waals surface area (Å²) in [6.07, 6.45) is 7.16. The molecule has 0 bridgehead atoms. The van der Waals surface area contributed by atoms with E-state index in [2.05, 4.69) is 24.0 Å². The van der Waals surface area contributed by atoms with Crippen molar-refractivity contribution >= 4 is 16.7 Å². The van der Waals surface area contributed by atoms with E-state index in [1.807, 2.05) is 23.9 Å². The summed E-state index contributed by atoms with van der Waals surface area (Å²) in [4.78, 5) is 11.8. The molecule has 0 amide bonds. The predicted molar refractivity (Wildman–Crippen MR) is 140 cm³/mol. The van der Waals surface area contributed by atoms with E-state index in [0.717, 1.165) is 93.4 Å². The van der Waals surface area contributed by atoms with Crippen LogP contribution >= 0.6 is 0 Å². The van der Waals surface area contributed by atoms with Crippen molar-refractivity contribution < 1.29 is 18.9 Å². The number of rotatable bonds is 6. The van der Waals surface area contributed by atoms with Gasteiger partial charge in [-0.25, -0.2) is 14.6 Å². The van der Waals surface area contributed by atoms with E-state index in [1.54, 1.807) is 0 Å². The number of hydrogen-bond acceptors (Lipinski definition) is 8. The molecule has 3 saturated heterocycles. The number of aryl methyl sites for hydroxylation is 2. The summed E-state index contributed by atoms with van der Waals surface area (Å²) in [5.74, 6) is 2.93. The first-order valence-corrected chi connectivity index (χ1v) is 13.7. The van der Waals surface area contributed by atoms with E-state index < -0.39 is 0 Å². The third-order valence-corrected chi connectivity index (χ3v) is 7.71. The maximum atomic E-state index is 6.00. The molecule has 0 aliphatic carbocycles. The fourth-order valence-electron chi connectivity index (χ4n) is 5.73. The van der Waals surface area contributed by atoms with Gasteiger partial charge in [0.15, 0.2) is 12.1 Å². The predicted octanol–water partition coefficient (Wildman–Crippen LogP) is 4.07. The van der Waals surface area contributed by atoms with Crippen molar-refractivity contribution in [1.29, 1.82) is 0 Å². The lowest BCUT2D eigenvalue weighted by molar-refractivity contribution is -0.180. The normalized spacial score (nSPS) is 23.6. The number of nitrogens with zero attached hydrogens (tertiary/aromatic N) is 5. The fourth-order valence-corrected chi connectivity index (χ4v) is 5.73. The lowest BCUT2D eigenvalue weighted by Crippen LogP contribution is -2.45. The Balaban J connectivity index is 1.23. The summed E-state index contributed by atoms with van der Waals surface area (Å²) in [6, 6.07) is 6.60. The molecule has 9 heteroatoms. The van der Waals surface area contributed by atoms with Gasteiger partial charge in [0.25, 0.3) is 0 Å². The minimum Gasteiger partial charge on any atom is -0.381 e. The molecule has 9 nitrogen and oxygen atoms in total. The number of aromatic nitrogens is 4. The molecule has 2 aromatic heterocycles. The average molecular weight is 508 g/mol. The summed E-state index contributed by atoms with van der Waals surface area (Å²) in [5, 5.41) is 5.87. The highest BCUT2D eigenvalue weighted by Gasteiger charge is 2.25. The number of hydrogen-bond donors (Lipinski definition) is 0. The van der Waals surface area contributed by atoms with Crippen LogP contribution in [0.5, 0.6) is 0 Å². The van der Waals surface area contributed by atoms with E-state index in [1.165, 1.54) is 11.1 Å². The fraction of sp³-hybridized carbons (Fsp3) is 0.607. The van der Waals surface area contributed by atoms with Crippen LogP contribution in [0.2, 0.25) is 0 Å². The lowest BCUT2D eigenvalue weighted by atomic mass is 9.88. The molecule has 0 saturated carbocycles. The molecular weight excluding hydrogens is 470 g/mol. The molecule has 0 spiro atoms. The highest BCUT2D eigenvalue weighted by Crippen LogP contribution is 2.33. The number of anilines is 1. The third-order valence-electron chi connectivity index (χ3n) is 7.71. The van der Waals surface area contributed by atoms with Gasteiger partial charge in [0.2, 0.25) is 0 Å². The Morgan fingerprint density at radius 2 is 1.81 bits per heavy atom. The van der Waals surface area contributed by atoms with Crippen LogP contribution in [0.25, 0.3) is 16.7 Å². The monoisotopic (exact) mass is 507 g/mol. The van der Waals surface area contributed by atoms with Gasteiger partial charge in [-0.1, -0.05) is 0 Å². The zero-order valence-electron chi connectivity index (χ0n) is 21.9. The Morgan fingerprint density at radius 1 is 0.946 bits per heavy atom. The molecule has 5 heterocycles. The first-order valence-electron chi connectivity index (χ1n) is 13.7. The van der Waals surface area contributed by atoms with Gasteiger partial charge >= 0.3 is 0 Å². The van der Waals surface area contributed by atoms with Crippen LogP contribution in [-0.2, 0) is 18.9 Å². The summed E-state index contributed by atoms with van der Waals surface area (Å²) in [7, 11) is 0. The Morgan fingerprint density at radius 3 is 2.65 bits per heavy atom. The molecule has 3 aliphatic heterocycles. The Kier molecular flexibility index (Phi) is 7.37. The van der Waals surface area contributed by atoms with Crippen molar-refractivity contribution in [3.8, 4) is 5.82 Å². The summed E-state index contributed by atoms with van der Waals surface area (Å²) < 4.78 is 25.3. The molecule has 0 N–H and O–H groups in total.